The third kappa shape index (κ3) is 4.37. The predicted molar refractivity (Wildman–Crippen MR) is 59.6 cm³/mol. The maximum Gasteiger partial charge on any atom is 0.178 e. The highest BCUT2D eigenvalue weighted by atomic mass is 31.1. The molecule has 0 aliphatic heterocycles. The van der Waals surface area contributed by atoms with Crippen LogP contribution in [0.5, 0.6) is 0 Å². The smallest absolute Gasteiger partial charge is 0.178 e. The van der Waals surface area contributed by atoms with Crippen molar-refractivity contribution in [1.82, 2.24) is 0 Å². The molecule has 0 aromatic heterocycles. The highest BCUT2D eigenvalue weighted by Crippen LogP contribution is 2.29. The minimum atomic E-state index is -1.13. The first-order chi connectivity index (χ1) is 5.58. The van der Waals surface area contributed by atoms with Gasteiger partial charge in [0.1, 0.15) is 0 Å². The van der Waals surface area contributed by atoms with Gasteiger partial charge in [0.25, 0.3) is 0 Å². The summed E-state index contributed by atoms with van der Waals surface area (Å²) < 4.78 is 4.79. The molecule has 0 bridgehead atoms. The van der Waals surface area contributed by atoms with Gasteiger partial charge in [-0.15, -0.1) is 0 Å². The summed E-state index contributed by atoms with van der Waals surface area (Å²) in [4.78, 5) is 0. The molecular formula is C9H20NPSi. The fraction of sp³-hybridized carbons (Fsp3) is 1.00. The lowest BCUT2D eigenvalue weighted by Gasteiger charge is -2.18. The van der Waals surface area contributed by atoms with Gasteiger partial charge in [-0.3, -0.25) is 0 Å². The molecule has 70 valence electrons. The third-order valence-electron chi connectivity index (χ3n) is 2.10. The minimum Gasteiger partial charge on any atom is -0.306 e. The van der Waals surface area contributed by atoms with Gasteiger partial charge >= 0.3 is 0 Å². The van der Waals surface area contributed by atoms with E-state index >= 15 is 0 Å². The normalized spacial score (nSPS) is 21.9. The Balaban J connectivity index is 2.33. The molecule has 0 N–H and O–H groups in total. The van der Waals surface area contributed by atoms with Crippen molar-refractivity contribution in [2.24, 2.45) is 4.41 Å². The molecule has 3 heteroatoms. The standard InChI is InChI=1S/C9H20NPSi/c1-12(2,3)10-11-9-7-5-4-6-8-9/h9H,4-8H2,1-3H3. The van der Waals surface area contributed by atoms with Crippen molar-refractivity contribution in [2.75, 3.05) is 0 Å². The average Bonchev–Trinajstić information content (AvgIpc) is 2.02. The monoisotopic (exact) mass is 201 g/mol. The van der Waals surface area contributed by atoms with Gasteiger partial charge in [-0.2, -0.15) is 0 Å². The zero-order valence-electron chi connectivity index (χ0n) is 8.51. The van der Waals surface area contributed by atoms with Gasteiger partial charge < -0.3 is 4.41 Å². The molecule has 1 rings (SSSR count). The Bertz CT molecular complexity index is 156. The first-order valence-electron chi connectivity index (χ1n) is 5.00. The lowest BCUT2D eigenvalue weighted by atomic mass is 10.0. The molecule has 0 radical (unpaired) electrons. The summed E-state index contributed by atoms with van der Waals surface area (Å²) in [6, 6.07) is 0. The molecule has 1 saturated carbocycles. The Labute approximate surface area is 78.9 Å². The van der Waals surface area contributed by atoms with Crippen LogP contribution in [0.25, 0.3) is 0 Å². The molecule has 1 aliphatic carbocycles. The summed E-state index contributed by atoms with van der Waals surface area (Å²) >= 11 is 0. The van der Waals surface area contributed by atoms with Crippen molar-refractivity contribution in [2.45, 2.75) is 57.4 Å². The van der Waals surface area contributed by atoms with Gasteiger partial charge in [0.05, 0.1) is 0 Å². The lowest BCUT2D eigenvalue weighted by molar-refractivity contribution is 0.514. The zero-order chi connectivity index (χ0) is 9.03. The molecule has 0 heterocycles. The summed E-state index contributed by atoms with van der Waals surface area (Å²) in [5.41, 5.74) is 0.908. The predicted octanol–water partition coefficient (Wildman–Crippen LogP) is 4.28. The van der Waals surface area contributed by atoms with Crippen LogP contribution < -0.4 is 0 Å². The van der Waals surface area contributed by atoms with Gasteiger partial charge in [0, 0.05) is 5.66 Å². The van der Waals surface area contributed by atoms with Crippen molar-refractivity contribution >= 4 is 16.6 Å². The Morgan fingerprint density at radius 2 is 1.67 bits per heavy atom. The molecule has 1 fully saturated rings. The van der Waals surface area contributed by atoms with E-state index in [1.165, 1.54) is 40.5 Å². The molecule has 0 atom stereocenters. The summed E-state index contributed by atoms with van der Waals surface area (Å²) in [5.74, 6) is 0. The third-order valence-corrected chi connectivity index (χ3v) is 5.80. The second-order valence-electron chi connectivity index (χ2n) is 4.68. The molecule has 0 aromatic rings. The second-order valence-corrected chi connectivity index (χ2v) is 10.8. The second kappa shape index (κ2) is 4.52. The highest BCUT2D eigenvalue weighted by molar-refractivity contribution is 7.30. The fourth-order valence-electron chi connectivity index (χ4n) is 1.45. The van der Waals surface area contributed by atoms with E-state index in [1.54, 1.807) is 0 Å². The minimum absolute atomic E-state index is 0.908. The summed E-state index contributed by atoms with van der Waals surface area (Å²) in [5, 5.41) is 0. The van der Waals surface area contributed by atoms with Gasteiger partial charge in [0.15, 0.2) is 8.24 Å². The summed E-state index contributed by atoms with van der Waals surface area (Å²) in [6.07, 6.45) is 7.20. The van der Waals surface area contributed by atoms with Crippen LogP contribution >= 0.6 is 8.37 Å². The van der Waals surface area contributed by atoms with Crippen LogP contribution in [0.2, 0.25) is 19.6 Å². The topological polar surface area (TPSA) is 12.4 Å². The Kier molecular flexibility index (Phi) is 3.92. The van der Waals surface area contributed by atoms with E-state index < -0.39 is 8.24 Å². The Morgan fingerprint density at radius 3 is 2.17 bits per heavy atom. The number of rotatable bonds is 2. The lowest BCUT2D eigenvalue weighted by Crippen LogP contribution is -2.15. The molecule has 0 amide bonds. The van der Waals surface area contributed by atoms with Crippen LogP contribution in [-0.4, -0.2) is 13.9 Å². The van der Waals surface area contributed by atoms with E-state index in [2.05, 4.69) is 19.6 Å². The summed E-state index contributed by atoms with van der Waals surface area (Å²) in [6.45, 7) is 6.97. The molecule has 0 aromatic carbocycles. The van der Waals surface area contributed by atoms with E-state index in [1.807, 2.05) is 0 Å². The molecule has 0 saturated heterocycles. The van der Waals surface area contributed by atoms with E-state index in [9.17, 15) is 0 Å². The summed E-state index contributed by atoms with van der Waals surface area (Å²) in [7, 11) is 0.277. The van der Waals surface area contributed by atoms with Gasteiger partial charge in [-0.05, 0) is 40.9 Å². The quantitative estimate of drug-likeness (QED) is 0.467. The van der Waals surface area contributed by atoms with E-state index in [-0.39, 0.29) is 0 Å². The highest BCUT2D eigenvalue weighted by Gasteiger charge is 2.14. The van der Waals surface area contributed by atoms with Crippen LogP contribution in [0.1, 0.15) is 32.1 Å². The fourth-order valence-corrected chi connectivity index (χ4v) is 4.09. The number of nitrogens with zero attached hydrogens (tertiary/aromatic N) is 1. The molecule has 0 spiro atoms. The maximum atomic E-state index is 4.79. The van der Waals surface area contributed by atoms with Gasteiger partial charge in [-0.25, -0.2) is 0 Å². The van der Waals surface area contributed by atoms with E-state index in [0.717, 1.165) is 5.66 Å². The zero-order valence-corrected chi connectivity index (χ0v) is 10.4. The first kappa shape index (κ1) is 10.4. The molecular weight excluding hydrogens is 181 g/mol. The first-order valence-corrected chi connectivity index (χ1v) is 9.36. The number of hydrogen-bond acceptors (Lipinski definition) is 1. The Hall–Kier alpha value is 0.317. The van der Waals surface area contributed by atoms with Crippen LogP contribution in [0.15, 0.2) is 4.41 Å². The SMILES string of the molecule is C[Si](C)(C)N=PC1CCCCC1. The molecule has 12 heavy (non-hydrogen) atoms. The van der Waals surface area contributed by atoms with E-state index in [4.69, 9.17) is 4.41 Å². The number of hydrogen-bond donors (Lipinski definition) is 0. The van der Waals surface area contributed by atoms with Crippen molar-refractivity contribution in [3.8, 4) is 0 Å². The van der Waals surface area contributed by atoms with Crippen molar-refractivity contribution < 1.29 is 0 Å². The van der Waals surface area contributed by atoms with Crippen molar-refractivity contribution in [3.63, 3.8) is 0 Å². The van der Waals surface area contributed by atoms with Crippen LogP contribution in [0.3, 0.4) is 0 Å². The average molecular weight is 201 g/mol. The van der Waals surface area contributed by atoms with Gasteiger partial charge in [0.2, 0.25) is 0 Å². The molecule has 0 unspecified atom stereocenters. The van der Waals surface area contributed by atoms with Crippen molar-refractivity contribution in [1.29, 1.82) is 0 Å². The molecule has 1 nitrogen and oxygen atoms in total. The van der Waals surface area contributed by atoms with Crippen LogP contribution in [0, 0.1) is 0 Å². The van der Waals surface area contributed by atoms with Crippen LogP contribution in [-0.2, 0) is 0 Å². The van der Waals surface area contributed by atoms with E-state index in [0.29, 0.717) is 0 Å². The van der Waals surface area contributed by atoms with Crippen LogP contribution in [0.4, 0.5) is 0 Å². The largest absolute Gasteiger partial charge is 0.306 e. The molecule has 1 aliphatic rings. The Morgan fingerprint density at radius 1 is 1.08 bits per heavy atom. The van der Waals surface area contributed by atoms with Crippen molar-refractivity contribution in [3.05, 3.63) is 0 Å². The van der Waals surface area contributed by atoms with Gasteiger partial charge in [-0.1, -0.05) is 19.3 Å². The maximum absolute atomic E-state index is 4.79.